The van der Waals surface area contributed by atoms with Gasteiger partial charge in [-0.2, -0.15) is 0 Å². The lowest BCUT2D eigenvalue weighted by molar-refractivity contribution is 0.0376. The zero-order valence-electron chi connectivity index (χ0n) is 17.8. The first kappa shape index (κ1) is 24.4. The van der Waals surface area contributed by atoms with Gasteiger partial charge in [0.25, 0.3) is 5.91 Å². The molecule has 1 aliphatic heterocycles. The minimum absolute atomic E-state index is 0. The number of anilines is 1. The molecule has 0 bridgehead atoms. The van der Waals surface area contributed by atoms with E-state index in [4.69, 9.17) is 21.3 Å². The van der Waals surface area contributed by atoms with E-state index in [1.165, 1.54) is 22.7 Å². The third-order valence-electron chi connectivity index (χ3n) is 5.17. The molecule has 0 atom stereocenters. The summed E-state index contributed by atoms with van der Waals surface area (Å²) < 4.78 is 6.43. The van der Waals surface area contributed by atoms with E-state index in [0.717, 1.165) is 65.8 Å². The molecule has 0 unspecified atom stereocenters. The van der Waals surface area contributed by atoms with Crippen LogP contribution in [-0.2, 0) is 4.74 Å². The van der Waals surface area contributed by atoms with E-state index in [9.17, 15) is 4.79 Å². The Bertz CT molecular complexity index is 1060. The fourth-order valence-corrected chi connectivity index (χ4v) is 5.99. The van der Waals surface area contributed by atoms with E-state index in [0.29, 0.717) is 21.6 Å². The maximum Gasteiger partial charge on any atom is 0.272 e. The fraction of sp³-hybridized carbons (Fsp3) is 0.476. The Balaban J connectivity index is 0.00000272. The molecule has 4 rings (SSSR count). The molecular weight excluding hydrogens is 475 g/mol. The summed E-state index contributed by atoms with van der Waals surface area (Å²) in [4.78, 5) is 27.6. The number of thiazole rings is 2. The lowest BCUT2D eigenvalue weighted by atomic mass is 10.2. The Morgan fingerprint density at radius 2 is 1.94 bits per heavy atom. The fourth-order valence-electron chi connectivity index (χ4n) is 3.67. The van der Waals surface area contributed by atoms with Gasteiger partial charge < -0.3 is 4.74 Å². The summed E-state index contributed by atoms with van der Waals surface area (Å²) in [6.07, 6.45) is 0.873. The Morgan fingerprint density at radius 1 is 1.19 bits per heavy atom. The summed E-state index contributed by atoms with van der Waals surface area (Å²) in [7, 11) is 0. The van der Waals surface area contributed by atoms with Crippen molar-refractivity contribution in [1.82, 2.24) is 14.9 Å². The molecule has 31 heavy (non-hydrogen) atoms. The molecule has 0 N–H and O–H groups in total. The van der Waals surface area contributed by atoms with Crippen molar-refractivity contribution in [2.75, 3.05) is 44.3 Å². The van der Waals surface area contributed by atoms with Gasteiger partial charge in [-0.3, -0.25) is 14.6 Å². The van der Waals surface area contributed by atoms with Gasteiger partial charge >= 0.3 is 0 Å². The summed E-state index contributed by atoms with van der Waals surface area (Å²) in [6.45, 7) is 10.8. The Morgan fingerprint density at radius 3 is 2.61 bits per heavy atom. The predicted octanol–water partition coefficient (Wildman–Crippen LogP) is 5.12. The van der Waals surface area contributed by atoms with E-state index in [2.05, 4.69) is 9.88 Å². The van der Waals surface area contributed by atoms with Gasteiger partial charge in [0.05, 0.1) is 34.1 Å². The number of aromatic nitrogens is 2. The number of ether oxygens (including phenoxy) is 1. The van der Waals surface area contributed by atoms with Crippen molar-refractivity contribution in [3.63, 3.8) is 0 Å². The van der Waals surface area contributed by atoms with Crippen LogP contribution in [0.3, 0.4) is 0 Å². The largest absolute Gasteiger partial charge is 0.379 e. The number of nitrogens with zero attached hydrogens (tertiary/aromatic N) is 4. The summed E-state index contributed by atoms with van der Waals surface area (Å²) in [6, 6.07) is 3.83. The van der Waals surface area contributed by atoms with Gasteiger partial charge in [0.2, 0.25) is 0 Å². The van der Waals surface area contributed by atoms with Gasteiger partial charge in [-0.05, 0) is 44.9 Å². The number of halogens is 2. The van der Waals surface area contributed by atoms with Gasteiger partial charge in [0.15, 0.2) is 5.13 Å². The molecule has 168 valence electrons. The van der Waals surface area contributed by atoms with Crippen molar-refractivity contribution in [2.24, 2.45) is 0 Å². The average molecular weight is 502 g/mol. The summed E-state index contributed by atoms with van der Waals surface area (Å²) in [5, 5.41) is 2.30. The van der Waals surface area contributed by atoms with Gasteiger partial charge in [0, 0.05) is 31.2 Å². The molecule has 1 saturated heterocycles. The highest BCUT2D eigenvalue weighted by molar-refractivity contribution is 7.22. The molecule has 6 nitrogen and oxygen atoms in total. The smallest absolute Gasteiger partial charge is 0.272 e. The van der Waals surface area contributed by atoms with Crippen LogP contribution in [0.25, 0.3) is 10.2 Å². The minimum atomic E-state index is -0.0251. The highest BCUT2D eigenvalue weighted by Gasteiger charge is 2.25. The molecule has 0 spiro atoms. The van der Waals surface area contributed by atoms with Crippen molar-refractivity contribution in [3.05, 3.63) is 38.3 Å². The maximum atomic E-state index is 13.5. The number of amides is 1. The number of carbonyl (C=O) groups excluding carboxylic acids is 1. The monoisotopic (exact) mass is 500 g/mol. The molecule has 1 aromatic carbocycles. The molecule has 2 aromatic heterocycles. The summed E-state index contributed by atoms with van der Waals surface area (Å²) in [5.41, 5.74) is 2.70. The highest BCUT2D eigenvalue weighted by Crippen LogP contribution is 2.34. The zero-order valence-corrected chi connectivity index (χ0v) is 21.0. The normalized spacial score (nSPS) is 14.6. The van der Waals surface area contributed by atoms with E-state index in [-0.39, 0.29) is 18.3 Å². The van der Waals surface area contributed by atoms with Crippen molar-refractivity contribution < 1.29 is 9.53 Å². The molecule has 3 heterocycles. The maximum absolute atomic E-state index is 13.5. The molecule has 0 radical (unpaired) electrons. The number of hydrogen-bond acceptors (Lipinski definition) is 7. The standard InChI is InChI=1S/C21H25ClN4O2S2.ClH/c1-13-11-16(22)12-17-18(13)24-21(30-17)26(6-4-5-25-7-9-28-10-8-25)20(27)19-14(2)23-15(3)29-19;/h11-12H,4-10H2,1-3H3;1H. The van der Waals surface area contributed by atoms with Gasteiger partial charge in [0.1, 0.15) is 4.88 Å². The van der Waals surface area contributed by atoms with E-state index < -0.39 is 0 Å². The average Bonchev–Trinajstić information content (AvgIpc) is 3.28. The topological polar surface area (TPSA) is 58.6 Å². The molecule has 1 fully saturated rings. The first-order chi connectivity index (χ1) is 14.4. The van der Waals surface area contributed by atoms with Crippen LogP contribution < -0.4 is 4.90 Å². The molecule has 0 saturated carbocycles. The van der Waals surface area contributed by atoms with Crippen LogP contribution in [0.4, 0.5) is 5.13 Å². The number of carbonyl (C=O) groups is 1. The SMILES string of the molecule is Cc1nc(C)c(C(=O)N(CCCN2CCOCC2)c2nc3c(C)cc(Cl)cc3s2)s1.Cl. The number of benzene rings is 1. The first-order valence-electron chi connectivity index (χ1n) is 10.0. The van der Waals surface area contributed by atoms with Crippen molar-refractivity contribution in [3.8, 4) is 0 Å². The van der Waals surface area contributed by atoms with E-state index in [1.807, 2.05) is 37.8 Å². The quantitative estimate of drug-likeness (QED) is 0.469. The zero-order chi connectivity index (χ0) is 21.3. The Hall–Kier alpha value is -1.29. The van der Waals surface area contributed by atoms with Crippen LogP contribution >= 0.6 is 46.7 Å². The third kappa shape index (κ3) is 5.56. The number of rotatable bonds is 6. The Kier molecular flexibility index (Phi) is 8.29. The van der Waals surface area contributed by atoms with Crippen molar-refractivity contribution >= 4 is 67.9 Å². The van der Waals surface area contributed by atoms with Gasteiger partial charge in [-0.25, -0.2) is 9.97 Å². The number of fused-ring (bicyclic) bond motifs is 1. The molecular formula is C21H26Cl2N4O2S2. The van der Waals surface area contributed by atoms with E-state index >= 15 is 0 Å². The second-order valence-corrected chi connectivity index (χ2v) is 10.1. The van der Waals surface area contributed by atoms with Crippen molar-refractivity contribution in [2.45, 2.75) is 27.2 Å². The number of hydrogen-bond donors (Lipinski definition) is 0. The van der Waals surface area contributed by atoms with Crippen LogP contribution in [0.2, 0.25) is 5.02 Å². The van der Waals surface area contributed by atoms with Crippen LogP contribution in [0.15, 0.2) is 12.1 Å². The second kappa shape index (κ2) is 10.6. The van der Waals surface area contributed by atoms with Crippen LogP contribution in [-0.4, -0.2) is 60.2 Å². The van der Waals surface area contributed by atoms with E-state index in [1.54, 1.807) is 0 Å². The second-order valence-electron chi connectivity index (χ2n) is 7.48. The Labute approximate surface area is 201 Å². The molecule has 10 heteroatoms. The lowest BCUT2D eigenvalue weighted by Crippen LogP contribution is -2.39. The minimum Gasteiger partial charge on any atom is -0.379 e. The van der Waals surface area contributed by atoms with Crippen LogP contribution in [0.1, 0.15) is 32.4 Å². The predicted molar refractivity (Wildman–Crippen MR) is 132 cm³/mol. The van der Waals surface area contributed by atoms with Crippen LogP contribution in [0.5, 0.6) is 0 Å². The first-order valence-corrected chi connectivity index (χ1v) is 12.1. The van der Waals surface area contributed by atoms with Crippen LogP contribution in [0, 0.1) is 20.8 Å². The molecule has 1 amide bonds. The summed E-state index contributed by atoms with van der Waals surface area (Å²) >= 11 is 9.20. The van der Waals surface area contributed by atoms with Crippen molar-refractivity contribution in [1.29, 1.82) is 0 Å². The molecule has 0 aliphatic carbocycles. The third-order valence-corrected chi connectivity index (χ3v) is 7.48. The lowest BCUT2D eigenvalue weighted by Gasteiger charge is -2.27. The number of morpholine rings is 1. The molecule has 3 aromatic rings. The summed E-state index contributed by atoms with van der Waals surface area (Å²) in [5.74, 6) is -0.0251. The van der Waals surface area contributed by atoms with Gasteiger partial charge in [-0.15, -0.1) is 23.7 Å². The molecule has 1 aliphatic rings. The highest BCUT2D eigenvalue weighted by atomic mass is 35.5. The number of aryl methyl sites for hydroxylation is 3. The van der Waals surface area contributed by atoms with Gasteiger partial charge in [-0.1, -0.05) is 22.9 Å².